The smallest absolute Gasteiger partial charge is 0.317 e. The number of carboxylic acids is 1. The summed E-state index contributed by atoms with van der Waals surface area (Å²) in [6.45, 7) is 3.88. The van der Waals surface area contributed by atoms with Crippen LogP contribution in [0.4, 0.5) is 4.79 Å². The number of methoxy groups -OCH3 is 1. The van der Waals surface area contributed by atoms with Gasteiger partial charge in [0.25, 0.3) is 0 Å². The van der Waals surface area contributed by atoms with Crippen molar-refractivity contribution in [3.05, 3.63) is 0 Å². The van der Waals surface area contributed by atoms with Gasteiger partial charge in [-0.15, -0.1) is 0 Å². The summed E-state index contributed by atoms with van der Waals surface area (Å²) in [4.78, 5) is 24.9. The van der Waals surface area contributed by atoms with Crippen molar-refractivity contribution in [1.82, 2.24) is 10.2 Å². The molecule has 1 aliphatic carbocycles. The number of urea groups is 1. The topological polar surface area (TPSA) is 78.9 Å². The third-order valence-electron chi connectivity index (χ3n) is 4.69. The molecule has 6 nitrogen and oxygen atoms in total. The number of likely N-dealkylation sites (tertiary alicyclic amines) is 1. The van der Waals surface area contributed by atoms with E-state index in [2.05, 4.69) is 5.32 Å². The molecule has 1 saturated carbocycles. The van der Waals surface area contributed by atoms with Gasteiger partial charge in [-0.25, -0.2) is 4.79 Å². The number of hydrogen-bond donors (Lipinski definition) is 2. The zero-order valence-corrected chi connectivity index (χ0v) is 12.3. The van der Waals surface area contributed by atoms with Crippen LogP contribution in [-0.2, 0) is 9.53 Å². The largest absolute Gasteiger partial charge is 0.481 e. The summed E-state index contributed by atoms with van der Waals surface area (Å²) < 4.78 is 5.09. The van der Waals surface area contributed by atoms with E-state index < -0.39 is 11.4 Å². The van der Waals surface area contributed by atoms with Crippen molar-refractivity contribution in [2.75, 3.05) is 33.4 Å². The highest BCUT2D eigenvalue weighted by molar-refractivity contribution is 5.79. The molecule has 0 spiro atoms. The molecule has 0 bridgehead atoms. The molecule has 0 radical (unpaired) electrons. The molecule has 0 aromatic heterocycles. The maximum Gasteiger partial charge on any atom is 0.317 e. The van der Waals surface area contributed by atoms with Crippen molar-refractivity contribution < 1.29 is 19.4 Å². The predicted molar refractivity (Wildman–Crippen MR) is 73.5 cm³/mol. The normalized spacial score (nSPS) is 27.4. The average Bonchev–Trinajstić information content (AvgIpc) is 3.08. The van der Waals surface area contributed by atoms with Crippen LogP contribution in [0.1, 0.15) is 32.6 Å². The van der Waals surface area contributed by atoms with Crippen LogP contribution in [0, 0.1) is 10.8 Å². The first-order valence-corrected chi connectivity index (χ1v) is 7.16. The quantitative estimate of drug-likeness (QED) is 0.771. The molecule has 2 N–H and O–H groups in total. The fraction of sp³-hybridized carbons (Fsp3) is 0.857. The monoisotopic (exact) mass is 284 g/mol. The molecule has 0 aromatic rings. The number of rotatable bonds is 6. The first kappa shape index (κ1) is 15.1. The van der Waals surface area contributed by atoms with Gasteiger partial charge in [0.2, 0.25) is 0 Å². The number of aliphatic carboxylic acids is 1. The summed E-state index contributed by atoms with van der Waals surface area (Å²) >= 11 is 0. The Morgan fingerprint density at radius 1 is 1.35 bits per heavy atom. The van der Waals surface area contributed by atoms with Crippen LogP contribution in [0.5, 0.6) is 0 Å². The zero-order valence-electron chi connectivity index (χ0n) is 12.3. The molecule has 0 aromatic carbocycles. The van der Waals surface area contributed by atoms with E-state index in [4.69, 9.17) is 9.84 Å². The van der Waals surface area contributed by atoms with Gasteiger partial charge >= 0.3 is 12.0 Å². The standard InChI is InChI=1S/C14H24N2O4/c1-13(11(17)18)5-7-16(10-13)12(19)15-9-14(3-4-14)6-8-20-2/h3-10H2,1-2H3,(H,15,19)(H,17,18). The first-order chi connectivity index (χ1) is 9.41. The van der Waals surface area contributed by atoms with E-state index in [0.717, 1.165) is 25.9 Å². The second kappa shape index (κ2) is 5.60. The van der Waals surface area contributed by atoms with Crippen LogP contribution in [0.2, 0.25) is 0 Å². The Morgan fingerprint density at radius 3 is 2.55 bits per heavy atom. The molecule has 6 heteroatoms. The summed E-state index contributed by atoms with van der Waals surface area (Å²) in [5.41, 5.74) is -0.591. The Kier molecular flexibility index (Phi) is 4.22. The molecule has 1 unspecified atom stereocenters. The van der Waals surface area contributed by atoms with Crippen molar-refractivity contribution in [1.29, 1.82) is 0 Å². The van der Waals surface area contributed by atoms with Gasteiger partial charge in [0.1, 0.15) is 0 Å². The Hall–Kier alpha value is -1.30. The molecule has 2 aliphatic rings. The summed E-state index contributed by atoms with van der Waals surface area (Å²) in [5.74, 6) is -0.827. The summed E-state index contributed by atoms with van der Waals surface area (Å²) in [6, 6.07) is -0.140. The maximum absolute atomic E-state index is 12.1. The molecular formula is C14H24N2O4. The van der Waals surface area contributed by atoms with Crippen LogP contribution in [0.25, 0.3) is 0 Å². The lowest BCUT2D eigenvalue weighted by Gasteiger charge is -2.22. The minimum absolute atomic E-state index is 0.140. The van der Waals surface area contributed by atoms with Gasteiger partial charge < -0.3 is 20.1 Å². The second-order valence-corrected chi connectivity index (χ2v) is 6.44. The number of nitrogens with zero attached hydrogens (tertiary/aromatic N) is 1. The van der Waals surface area contributed by atoms with Crippen molar-refractivity contribution in [3.8, 4) is 0 Å². The van der Waals surface area contributed by atoms with Gasteiger partial charge in [-0.2, -0.15) is 0 Å². The molecule has 1 heterocycles. The Balaban J connectivity index is 1.78. The van der Waals surface area contributed by atoms with Crippen molar-refractivity contribution >= 4 is 12.0 Å². The fourth-order valence-electron chi connectivity index (χ4n) is 2.69. The maximum atomic E-state index is 12.1. The van der Waals surface area contributed by atoms with Gasteiger partial charge in [-0.05, 0) is 38.0 Å². The Morgan fingerprint density at radius 2 is 2.05 bits per heavy atom. The van der Waals surface area contributed by atoms with E-state index in [1.54, 1.807) is 18.9 Å². The highest BCUT2D eigenvalue weighted by Gasteiger charge is 2.44. The van der Waals surface area contributed by atoms with Crippen LogP contribution < -0.4 is 5.32 Å². The van der Waals surface area contributed by atoms with Gasteiger partial charge in [0.15, 0.2) is 0 Å². The van der Waals surface area contributed by atoms with Gasteiger partial charge in [-0.1, -0.05) is 0 Å². The average molecular weight is 284 g/mol. The zero-order chi connectivity index (χ0) is 14.8. The van der Waals surface area contributed by atoms with E-state index in [1.165, 1.54) is 0 Å². The van der Waals surface area contributed by atoms with Crippen LogP contribution in [0.3, 0.4) is 0 Å². The molecule has 1 aliphatic heterocycles. The molecule has 1 saturated heterocycles. The third-order valence-corrected chi connectivity index (χ3v) is 4.69. The number of nitrogens with one attached hydrogen (secondary N) is 1. The van der Waals surface area contributed by atoms with Gasteiger partial charge in [0, 0.05) is 33.4 Å². The van der Waals surface area contributed by atoms with Crippen molar-refractivity contribution in [2.45, 2.75) is 32.6 Å². The third kappa shape index (κ3) is 3.23. The van der Waals surface area contributed by atoms with Crippen LogP contribution in [-0.4, -0.2) is 55.4 Å². The molecule has 2 fully saturated rings. The predicted octanol–water partition coefficient (Wildman–Crippen LogP) is 1.31. The highest BCUT2D eigenvalue weighted by atomic mass is 16.5. The number of carbonyl (C=O) groups excluding carboxylic acids is 1. The van der Waals surface area contributed by atoms with Gasteiger partial charge in [-0.3, -0.25) is 4.79 Å². The van der Waals surface area contributed by atoms with Crippen molar-refractivity contribution in [2.24, 2.45) is 10.8 Å². The lowest BCUT2D eigenvalue weighted by atomic mass is 9.90. The highest BCUT2D eigenvalue weighted by Crippen LogP contribution is 2.48. The fourth-order valence-corrected chi connectivity index (χ4v) is 2.69. The van der Waals surface area contributed by atoms with E-state index in [1.807, 2.05) is 0 Å². The van der Waals surface area contributed by atoms with Crippen LogP contribution in [0.15, 0.2) is 0 Å². The summed E-state index contributed by atoms with van der Waals surface area (Å²) in [6.07, 6.45) is 3.74. The van der Waals surface area contributed by atoms with Crippen LogP contribution >= 0.6 is 0 Å². The number of ether oxygens (including phenoxy) is 1. The molecule has 1 atom stereocenters. The number of carbonyl (C=O) groups is 2. The molecule has 114 valence electrons. The molecule has 2 amide bonds. The van der Waals surface area contributed by atoms with Crippen molar-refractivity contribution in [3.63, 3.8) is 0 Å². The van der Waals surface area contributed by atoms with Gasteiger partial charge in [0.05, 0.1) is 5.41 Å². The summed E-state index contributed by atoms with van der Waals surface area (Å²) in [7, 11) is 1.69. The lowest BCUT2D eigenvalue weighted by Crippen LogP contribution is -2.43. The Labute approximate surface area is 119 Å². The van der Waals surface area contributed by atoms with E-state index in [-0.39, 0.29) is 11.4 Å². The first-order valence-electron chi connectivity index (χ1n) is 7.16. The van der Waals surface area contributed by atoms with E-state index in [0.29, 0.717) is 26.1 Å². The molecular weight excluding hydrogens is 260 g/mol. The van der Waals surface area contributed by atoms with E-state index >= 15 is 0 Å². The minimum Gasteiger partial charge on any atom is -0.481 e. The van der Waals surface area contributed by atoms with E-state index in [9.17, 15) is 9.59 Å². The lowest BCUT2D eigenvalue weighted by molar-refractivity contribution is -0.147. The second-order valence-electron chi connectivity index (χ2n) is 6.44. The minimum atomic E-state index is -0.827. The molecule has 2 rings (SSSR count). The number of carboxylic acid groups (broad SMARTS) is 1. The number of amides is 2. The SMILES string of the molecule is COCCC1(CNC(=O)N2CCC(C)(C(=O)O)C2)CC1. The summed E-state index contributed by atoms with van der Waals surface area (Å²) in [5, 5.41) is 12.1. The number of hydrogen-bond acceptors (Lipinski definition) is 3. The molecule has 20 heavy (non-hydrogen) atoms. The Bertz CT molecular complexity index is 395.